The molecule has 0 spiro atoms. The van der Waals surface area contributed by atoms with Crippen molar-refractivity contribution in [1.29, 1.82) is 0 Å². The summed E-state index contributed by atoms with van der Waals surface area (Å²) in [5.41, 5.74) is 4.16. The summed E-state index contributed by atoms with van der Waals surface area (Å²) in [6.07, 6.45) is 6.97. The molecule has 19 heavy (non-hydrogen) atoms. The first-order valence-corrected chi connectivity index (χ1v) is 7.26. The van der Waals surface area contributed by atoms with E-state index in [1.165, 1.54) is 5.56 Å². The Balaban J connectivity index is 1.83. The molecule has 0 aliphatic carbocycles. The number of hydrogen-bond acceptors (Lipinski definition) is 3. The van der Waals surface area contributed by atoms with Crippen molar-refractivity contribution >= 4 is 21.6 Å². The summed E-state index contributed by atoms with van der Waals surface area (Å²) in [5.74, 6) is 0. The van der Waals surface area contributed by atoms with Crippen LogP contribution >= 0.6 is 15.9 Å². The molecule has 3 aromatic heterocycles. The Bertz CT molecular complexity index is 700. The molecule has 0 saturated carbocycles. The Morgan fingerprint density at radius 3 is 2.89 bits per heavy atom. The predicted molar refractivity (Wildman–Crippen MR) is 76.6 cm³/mol. The van der Waals surface area contributed by atoms with E-state index in [1.54, 1.807) is 0 Å². The molecule has 0 amide bonds. The summed E-state index contributed by atoms with van der Waals surface area (Å²) in [6.45, 7) is 2.72. The van der Waals surface area contributed by atoms with Crippen molar-refractivity contribution in [2.24, 2.45) is 0 Å². The smallest absolute Gasteiger partial charge is 0.137 e. The number of imidazole rings is 1. The first-order chi connectivity index (χ1) is 9.24. The normalized spacial score (nSPS) is 11.3. The van der Waals surface area contributed by atoms with Gasteiger partial charge >= 0.3 is 0 Å². The highest BCUT2D eigenvalue weighted by atomic mass is 79.9. The lowest BCUT2D eigenvalue weighted by Crippen LogP contribution is -2.00. The van der Waals surface area contributed by atoms with Gasteiger partial charge in [-0.2, -0.15) is 0 Å². The van der Waals surface area contributed by atoms with Crippen molar-refractivity contribution in [3.05, 3.63) is 47.7 Å². The van der Waals surface area contributed by atoms with E-state index in [-0.39, 0.29) is 0 Å². The number of fused-ring (bicyclic) bond motifs is 1. The summed E-state index contributed by atoms with van der Waals surface area (Å²) in [7, 11) is 0. The minimum absolute atomic E-state index is 0.649. The Hall–Kier alpha value is -1.69. The van der Waals surface area contributed by atoms with E-state index in [0.717, 1.165) is 28.8 Å². The number of pyridine rings is 1. The van der Waals surface area contributed by atoms with E-state index >= 15 is 0 Å². The Labute approximate surface area is 119 Å². The standard InChI is InChI=1S/C13H14BrN5/c1-10-2-3-13-15-12(7-18(13)6-10)9-19-8-11(4-5-14)16-17-19/h2-3,6-8H,4-5,9H2,1H3. The highest BCUT2D eigenvalue weighted by molar-refractivity contribution is 9.09. The second kappa shape index (κ2) is 5.13. The van der Waals surface area contributed by atoms with Gasteiger partial charge in [0.1, 0.15) is 5.65 Å². The monoisotopic (exact) mass is 319 g/mol. The van der Waals surface area contributed by atoms with Crippen LogP contribution in [-0.2, 0) is 13.0 Å². The minimum Gasteiger partial charge on any atom is -0.306 e. The van der Waals surface area contributed by atoms with Gasteiger partial charge in [-0.1, -0.05) is 27.2 Å². The number of alkyl halides is 1. The van der Waals surface area contributed by atoms with E-state index in [2.05, 4.69) is 50.4 Å². The molecule has 0 atom stereocenters. The van der Waals surface area contributed by atoms with Gasteiger partial charge in [-0.05, 0) is 18.6 Å². The molecule has 3 heterocycles. The van der Waals surface area contributed by atoms with Crippen molar-refractivity contribution in [1.82, 2.24) is 24.4 Å². The predicted octanol–water partition coefficient (Wildman–Crippen LogP) is 2.22. The zero-order valence-electron chi connectivity index (χ0n) is 10.6. The van der Waals surface area contributed by atoms with E-state index < -0.39 is 0 Å². The first kappa shape index (κ1) is 12.3. The van der Waals surface area contributed by atoms with Crippen molar-refractivity contribution in [2.45, 2.75) is 19.9 Å². The molecule has 0 fully saturated rings. The highest BCUT2D eigenvalue weighted by Crippen LogP contribution is 2.08. The second-order valence-electron chi connectivity index (χ2n) is 4.55. The Morgan fingerprint density at radius 2 is 2.05 bits per heavy atom. The molecule has 0 saturated heterocycles. The summed E-state index contributed by atoms with van der Waals surface area (Å²) in [6, 6.07) is 4.09. The van der Waals surface area contributed by atoms with E-state index in [9.17, 15) is 0 Å². The van der Waals surface area contributed by atoms with Crippen LogP contribution in [0.3, 0.4) is 0 Å². The number of aromatic nitrogens is 5. The van der Waals surface area contributed by atoms with Crippen LogP contribution in [0, 0.1) is 6.92 Å². The molecular formula is C13H14BrN5. The molecular weight excluding hydrogens is 306 g/mol. The van der Waals surface area contributed by atoms with Crippen molar-refractivity contribution in [2.75, 3.05) is 5.33 Å². The first-order valence-electron chi connectivity index (χ1n) is 6.14. The van der Waals surface area contributed by atoms with E-state index in [4.69, 9.17) is 0 Å². The molecule has 5 nitrogen and oxygen atoms in total. The molecule has 0 unspecified atom stereocenters. The van der Waals surface area contributed by atoms with Gasteiger partial charge in [-0.15, -0.1) is 5.10 Å². The molecule has 3 aromatic rings. The van der Waals surface area contributed by atoms with Gasteiger partial charge in [0.2, 0.25) is 0 Å². The van der Waals surface area contributed by atoms with Crippen LogP contribution in [0.1, 0.15) is 17.0 Å². The van der Waals surface area contributed by atoms with E-state index in [1.807, 2.05) is 27.5 Å². The van der Waals surface area contributed by atoms with Crippen molar-refractivity contribution < 1.29 is 0 Å². The van der Waals surface area contributed by atoms with Crippen LogP contribution in [0.2, 0.25) is 0 Å². The largest absolute Gasteiger partial charge is 0.306 e. The third-order valence-electron chi connectivity index (χ3n) is 2.91. The molecule has 0 aliphatic rings. The van der Waals surface area contributed by atoms with Crippen molar-refractivity contribution in [3.63, 3.8) is 0 Å². The minimum atomic E-state index is 0.649. The SMILES string of the molecule is Cc1ccc2nc(Cn3cc(CCBr)nn3)cn2c1. The fraction of sp³-hybridized carbons (Fsp3) is 0.308. The maximum atomic E-state index is 4.57. The number of rotatable bonds is 4. The van der Waals surface area contributed by atoms with Gasteiger partial charge in [-0.25, -0.2) is 9.67 Å². The van der Waals surface area contributed by atoms with Crippen LogP contribution in [-0.4, -0.2) is 29.7 Å². The summed E-state index contributed by atoms with van der Waals surface area (Å²) in [5, 5.41) is 9.14. The van der Waals surface area contributed by atoms with Gasteiger partial charge in [0.05, 0.1) is 17.9 Å². The topological polar surface area (TPSA) is 48.0 Å². The van der Waals surface area contributed by atoms with Crippen molar-refractivity contribution in [3.8, 4) is 0 Å². The fourth-order valence-electron chi connectivity index (χ4n) is 2.02. The molecule has 6 heteroatoms. The van der Waals surface area contributed by atoms with Crippen LogP contribution < -0.4 is 0 Å². The number of halogens is 1. The highest BCUT2D eigenvalue weighted by Gasteiger charge is 2.05. The number of aryl methyl sites for hydroxylation is 2. The van der Waals surface area contributed by atoms with Crippen LogP contribution in [0.25, 0.3) is 5.65 Å². The average Bonchev–Trinajstić information content (AvgIpc) is 2.96. The second-order valence-corrected chi connectivity index (χ2v) is 5.34. The Kier molecular flexibility index (Phi) is 3.33. The summed E-state index contributed by atoms with van der Waals surface area (Å²) in [4.78, 5) is 4.57. The van der Waals surface area contributed by atoms with Gasteiger partial charge in [0, 0.05) is 30.3 Å². The maximum absolute atomic E-state index is 4.57. The fourth-order valence-corrected chi connectivity index (χ4v) is 2.43. The van der Waals surface area contributed by atoms with Crippen LogP contribution in [0.5, 0.6) is 0 Å². The number of nitrogens with zero attached hydrogens (tertiary/aromatic N) is 5. The third-order valence-corrected chi connectivity index (χ3v) is 3.31. The number of hydrogen-bond donors (Lipinski definition) is 0. The molecule has 0 aliphatic heterocycles. The summed E-state index contributed by atoms with van der Waals surface area (Å²) >= 11 is 3.40. The maximum Gasteiger partial charge on any atom is 0.137 e. The lowest BCUT2D eigenvalue weighted by atomic mass is 10.3. The molecule has 3 rings (SSSR count). The zero-order valence-corrected chi connectivity index (χ0v) is 12.2. The molecule has 0 radical (unpaired) electrons. The van der Waals surface area contributed by atoms with E-state index in [0.29, 0.717) is 6.54 Å². The average molecular weight is 320 g/mol. The summed E-state index contributed by atoms with van der Waals surface area (Å²) < 4.78 is 3.87. The van der Waals surface area contributed by atoms with Gasteiger partial charge in [-0.3, -0.25) is 0 Å². The van der Waals surface area contributed by atoms with Gasteiger partial charge < -0.3 is 4.40 Å². The van der Waals surface area contributed by atoms with Crippen LogP contribution in [0.4, 0.5) is 0 Å². The molecule has 0 N–H and O–H groups in total. The Morgan fingerprint density at radius 1 is 1.16 bits per heavy atom. The van der Waals surface area contributed by atoms with Crippen LogP contribution in [0.15, 0.2) is 30.7 Å². The zero-order chi connectivity index (χ0) is 13.2. The molecule has 98 valence electrons. The third kappa shape index (κ3) is 2.68. The lowest BCUT2D eigenvalue weighted by molar-refractivity contribution is 0.640. The van der Waals surface area contributed by atoms with Gasteiger partial charge in [0.15, 0.2) is 0 Å². The molecule has 0 aromatic carbocycles. The quantitative estimate of drug-likeness (QED) is 0.693. The lowest BCUT2D eigenvalue weighted by Gasteiger charge is -1.94. The van der Waals surface area contributed by atoms with Gasteiger partial charge in [0.25, 0.3) is 0 Å². The molecule has 0 bridgehead atoms.